The molecule has 2 aromatic carbocycles. The van der Waals surface area contributed by atoms with Crippen LogP contribution in [0.4, 0.5) is 5.69 Å². The first kappa shape index (κ1) is 21.5. The van der Waals surface area contributed by atoms with Crippen molar-refractivity contribution in [3.05, 3.63) is 95.8 Å². The highest BCUT2D eigenvalue weighted by Gasteiger charge is 2.57. The number of carbonyl (C=O) groups excluding carboxylic acids is 2. The van der Waals surface area contributed by atoms with Crippen LogP contribution in [0.3, 0.4) is 0 Å². The number of benzene rings is 2. The molecule has 5 nitrogen and oxygen atoms in total. The molecule has 5 heteroatoms. The summed E-state index contributed by atoms with van der Waals surface area (Å²) in [4.78, 5) is 33.5. The van der Waals surface area contributed by atoms with E-state index in [1.165, 1.54) is 6.92 Å². The molecule has 1 N–H and O–H groups in total. The number of fused-ring (bicyclic) bond motifs is 1. The molecule has 0 aliphatic carbocycles. The summed E-state index contributed by atoms with van der Waals surface area (Å²) in [6.45, 7) is 7.28. The van der Waals surface area contributed by atoms with Crippen molar-refractivity contribution < 1.29 is 9.59 Å². The fourth-order valence-electron chi connectivity index (χ4n) is 4.30. The molecule has 1 aliphatic heterocycles. The standard InChI is InChI=1S/C27H27N3O2/c1-19(31)30-23-15-9-8-14-21(23)22(18-20-12-6-5-7-13-20)27(30,24-16-10-11-17-28-24)25(32)29-26(2,3)4/h5-18H,1-4H3,(H,29,32). The largest absolute Gasteiger partial charge is 0.349 e. The summed E-state index contributed by atoms with van der Waals surface area (Å²) in [5.41, 5.74) is 1.73. The first-order valence-electron chi connectivity index (χ1n) is 10.7. The zero-order chi connectivity index (χ0) is 22.9. The molecule has 4 rings (SSSR count). The number of nitrogens with zero attached hydrogens (tertiary/aromatic N) is 2. The van der Waals surface area contributed by atoms with Gasteiger partial charge in [0.1, 0.15) is 0 Å². The first-order chi connectivity index (χ1) is 15.2. The minimum atomic E-state index is -1.44. The Balaban J connectivity index is 2.11. The molecule has 162 valence electrons. The lowest BCUT2D eigenvalue weighted by Crippen LogP contribution is -2.59. The predicted molar refractivity (Wildman–Crippen MR) is 128 cm³/mol. The molecule has 2 amide bonds. The van der Waals surface area contributed by atoms with E-state index in [2.05, 4.69) is 10.3 Å². The van der Waals surface area contributed by atoms with Gasteiger partial charge in [0.15, 0.2) is 5.54 Å². The highest BCUT2D eigenvalue weighted by molar-refractivity contribution is 6.20. The number of nitrogens with one attached hydrogen (secondary N) is 1. The quantitative estimate of drug-likeness (QED) is 0.656. The van der Waals surface area contributed by atoms with Crippen LogP contribution in [-0.2, 0) is 15.1 Å². The summed E-state index contributed by atoms with van der Waals surface area (Å²) in [5, 5.41) is 3.12. The third kappa shape index (κ3) is 3.60. The summed E-state index contributed by atoms with van der Waals surface area (Å²) in [6.07, 6.45) is 3.64. The number of pyridine rings is 1. The number of amides is 2. The zero-order valence-electron chi connectivity index (χ0n) is 18.8. The molecule has 1 aromatic heterocycles. The van der Waals surface area contributed by atoms with Gasteiger partial charge in [-0.15, -0.1) is 0 Å². The molecule has 0 bridgehead atoms. The number of para-hydroxylation sites is 1. The van der Waals surface area contributed by atoms with Crippen LogP contribution in [0.25, 0.3) is 11.6 Å². The van der Waals surface area contributed by atoms with E-state index in [4.69, 9.17) is 0 Å². The Kier molecular flexibility index (Phi) is 5.43. The van der Waals surface area contributed by atoms with E-state index in [1.54, 1.807) is 17.2 Å². The van der Waals surface area contributed by atoms with Crippen molar-refractivity contribution >= 4 is 29.2 Å². The summed E-state index contributed by atoms with van der Waals surface area (Å²) >= 11 is 0. The van der Waals surface area contributed by atoms with Crippen LogP contribution in [0.1, 0.15) is 44.5 Å². The number of hydrogen-bond acceptors (Lipinski definition) is 3. The van der Waals surface area contributed by atoms with Gasteiger partial charge in [0.2, 0.25) is 5.91 Å². The number of carbonyl (C=O) groups is 2. The van der Waals surface area contributed by atoms with Gasteiger partial charge in [0.05, 0.1) is 11.4 Å². The maximum absolute atomic E-state index is 14.2. The molecule has 3 aromatic rings. The fraction of sp³-hybridized carbons (Fsp3) is 0.222. The highest BCUT2D eigenvalue weighted by atomic mass is 16.2. The number of aromatic nitrogens is 1. The fourth-order valence-corrected chi connectivity index (χ4v) is 4.30. The lowest BCUT2D eigenvalue weighted by Gasteiger charge is -2.39. The van der Waals surface area contributed by atoms with Crippen LogP contribution in [0.2, 0.25) is 0 Å². The van der Waals surface area contributed by atoms with Crippen molar-refractivity contribution in [1.29, 1.82) is 0 Å². The Morgan fingerprint density at radius 3 is 2.22 bits per heavy atom. The van der Waals surface area contributed by atoms with E-state index in [0.717, 1.165) is 16.7 Å². The van der Waals surface area contributed by atoms with Gasteiger partial charge >= 0.3 is 0 Å². The molecule has 32 heavy (non-hydrogen) atoms. The van der Waals surface area contributed by atoms with E-state index in [9.17, 15) is 9.59 Å². The third-order valence-corrected chi connectivity index (χ3v) is 5.44. The second kappa shape index (κ2) is 8.08. The lowest BCUT2D eigenvalue weighted by atomic mass is 9.81. The number of hydrogen-bond donors (Lipinski definition) is 1. The normalized spacial score (nSPS) is 19.0. The van der Waals surface area contributed by atoms with Crippen LogP contribution in [-0.4, -0.2) is 22.3 Å². The van der Waals surface area contributed by atoms with Crippen molar-refractivity contribution in [1.82, 2.24) is 10.3 Å². The number of rotatable bonds is 3. The van der Waals surface area contributed by atoms with E-state index in [0.29, 0.717) is 11.4 Å². The van der Waals surface area contributed by atoms with Crippen molar-refractivity contribution in [2.24, 2.45) is 0 Å². The topological polar surface area (TPSA) is 62.3 Å². The van der Waals surface area contributed by atoms with Gasteiger partial charge in [-0.2, -0.15) is 0 Å². The Labute approximate surface area is 188 Å². The van der Waals surface area contributed by atoms with Gasteiger partial charge < -0.3 is 5.32 Å². The highest BCUT2D eigenvalue weighted by Crippen LogP contribution is 2.53. The minimum absolute atomic E-state index is 0.233. The minimum Gasteiger partial charge on any atom is -0.349 e. The molecule has 0 saturated carbocycles. The molecular weight excluding hydrogens is 398 g/mol. The molecule has 0 radical (unpaired) electrons. The van der Waals surface area contributed by atoms with Crippen LogP contribution in [0, 0.1) is 0 Å². The van der Waals surface area contributed by atoms with Crippen LogP contribution in [0.15, 0.2) is 79.0 Å². The smallest absolute Gasteiger partial charge is 0.257 e. The first-order valence-corrected chi connectivity index (χ1v) is 10.7. The molecule has 1 unspecified atom stereocenters. The molecule has 0 saturated heterocycles. The van der Waals surface area contributed by atoms with Crippen molar-refractivity contribution in [3.63, 3.8) is 0 Å². The SMILES string of the molecule is CC(=O)N1c2ccccc2C(=Cc2ccccc2)C1(C(=O)NC(C)(C)C)c1ccccn1. The van der Waals surface area contributed by atoms with Gasteiger partial charge in [-0.25, -0.2) is 0 Å². The number of anilines is 1. The summed E-state index contributed by atoms with van der Waals surface area (Å²) in [6, 6.07) is 22.9. The molecule has 2 heterocycles. The van der Waals surface area contributed by atoms with Crippen molar-refractivity contribution in [3.8, 4) is 0 Å². The van der Waals surface area contributed by atoms with Gasteiger partial charge in [-0.3, -0.25) is 19.5 Å². The van der Waals surface area contributed by atoms with Gasteiger partial charge in [0, 0.05) is 29.8 Å². The van der Waals surface area contributed by atoms with Crippen LogP contribution < -0.4 is 10.2 Å². The Bertz CT molecular complexity index is 1180. The van der Waals surface area contributed by atoms with Gasteiger partial charge in [-0.1, -0.05) is 54.6 Å². The lowest BCUT2D eigenvalue weighted by molar-refractivity contribution is -0.129. The molecule has 1 aliphatic rings. The van der Waals surface area contributed by atoms with Crippen molar-refractivity contribution in [2.45, 2.75) is 38.8 Å². The van der Waals surface area contributed by atoms with Crippen LogP contribution in [0.5, 0.6) is 0 Å². The zero-order valence-corrected chi connectivity index (χ0v) is 18.8. The maximum Gasteiger partial charge on any atom is 0.257 e. The van der Waals surface area contributed by atoms with E-state index < -0.39 is 11.1 Å². The monoisotopic (exact) mass is 425 g/mol. The van der Waals surface area contributed by atoms with E-state index in [-0.39, 0.29) is 11.8 Å². The Hall–Kier alpha value is -3.73. The Morgan fingerprint density at radius 1 is 0.938 bits per heavy atom. The van der Waals surface area contributed by atoms with Crippen LogP contribution >= 0.6 is 0 Å². The van der Waals surface area contributed by atoms with Gasteiger partial charge in [-0.05, 0) is 50.6 Å². The van der Waals surface area contributed by atoms with Crippen molar-refractivity contribution in [2.75, 3.05) is 4.90 Å². The van der Waals surface area contributed by atoms with E-state index in [1.807, 2.05) is 93.6 Å². The molecule has 0 fully saturated rings. The summed E-state index contributed by atoms with van der Waals surface area (Å²) < 4.78 is 0. The molecule has 1 atom stereocenters. The summed E-state index contributed by atoms with van der Waals surface area (Å²) in [5.74, 6) is -0.527. The molecular formula is C27H27N3O2. The predicted octanol–water partition coefficient (Wildman–Crippen LogP) is 4.80. The van der Waals surface area contributed by atoms with Gasteiger partial charge in [0.25, 0.3) is 5.91 Å². The average molecular weight is 426 g/mol. The second-order valence-electron chi connectivity index (χ2n) is 8.97. The Morgan fingerprint density at radius 2 is 1.59 bits per heavy atom. The second-order valence-corrected chi connectivity index (χ2v) is 8.97. The summed E-state index contributed by atoms with van der Waals surface area (Å²) in [7, 11) is 0. The maximum atomic E-state index is 14.2. The average Bonchev–Trinajstić information content (AvgIpc) is 3.05. The third-order valence-electron chi connectivity index (χ3n) is 5.44. The molecule has 0 spiro atoms. The van der Waals surface area contributed by atoms with E-state index >= 15 is 0 Å².